The van der Waals surface area contributed by atoms with E-state index in [-0.39, 0.29) is 37.3 Å². The van der Waals surface area contributed by atoms with Crippen LogP contribution in [0.15, 0.2) is 24.3 Å². The Kier molecular flexibility index (Phi) is 4.73. The molecular formula is C16H19NO4. The van der Waals surface area contributed by atoms with E-state index >= 15 is 0 Å². The predicted molar refractivity (Wildman–Crippen MR) is 76.3 cm³/mol. The number of carbonyl (C=O) groups excluding carboxylic acids is 3. The second kappa shape index (κ2) is 6.52. The van der Waals surface area contributed by atoms with Crippen molar-refractivity contribution in [2.24, 2.45) is 5.92 Å². The molecule has 1 aliphatic heterocycles. The molecule has 0 radical (unpaired) electrons. The molecule has 0 aromatic heterocycles. The van der Waals surface area contributed by atoms with Gasteiger partial charge in [-0.3, -0.25) is 19.3 Å². The van der Waals surface area contributed by atoms with Gasteiger partial charge in [0.25, 0.3) is 0 Å². The van der Waals surface area contributed by atoms with E-state index in [0.717, 1.165) is 16.0 Å². The first-order valence-corrected chi connectivity index (χ1v) is 7.06. The number of likely N-dealkylation sites (tertiary alicyclic amines) is 1. The highest BCUT2D eigenvalue weighted by molar-refractivity contribution is 6.05. The van der Waals surface area contributed by atoms with Gasteiger partial charge in [-0.1, -0.05) is 29.8 Å². The van der Waals surface area contributed by atoms with Gasteiger partial charge in [0.2, 0.25) is 11.8 Å². The zero-order chi connectivity index (χ0) is 15.4. The van der Waals surface area contributed by atoms with Crippen LogP contribution in [0.2, 0.25) is 0 Å². The molecule has 5 heteroatoms. The van der Waals surface area contributed by atoms with Gasteiger partial charge in [-0.25, -0.2) is 0 Å². The topological polar surface area (TPSA) is 63.7 Å². The third-order valence-electron chi connectivity index (χ3n) is 3.53. The minimum Gasteiger partial charge on any atom is -0.465 e. The maximum Gasteiger partial charge on any atom is 0.326 e. The van der Waals surface area contributed by atoms with Crippen molar-refractivity contribution in [3.63, 3.8) is 0 Å². The maximum absolute atomic E-state index is 12.2. The number of carbonyl (C=O) groups is 3. The Morgan fingerprint density at radius 3 is 2.57 bits per heavy atom. The number of hydrogen-bond donors (Lipinski definition) is 0. The van der Waals surface area contributed by atoms with Gasteiger partial charge in [-0.2, -0.15) is 0 Å². The number of aryl methyl sites for hydroxylation is 1. The van der Waals surface area contributed by atoms with Crippen molar-refractivity contribution >= 4 is 17.8 Å². The molecule has 21 heavy (non-hydrogen) atoms. The molecular weight excluding hydrogens is 270 g/mol. The van der Waals surface area contributed by atoms with Crippen LogP contribution in [-0.4, -0.2) is 35.8 Å². The molecule has 1 aliphatic rings. The van der Waals surface area contributed by atoms with Crippen LogP contribution in [0.4, 0.5) is 0 Å². The van der Waals surface area contributed by atoms with Crippen molar-refractivity contribution in [3.05, 3.63) is 35.4 Å². The van der Waals surface area contributed by atoms with Gasteiger partial charge in [0.1, 0.15) is 6.54 Å². The van der Waals surface area contributed by atoms with Gasteiger partial charge < -0.3 is 4.74 Å². The van der Waals surface area contributed by atoms with Crippen LogP contribution in [0.5, 0.6) is 0 Å². The van der Waals surface area contributed by atoms with Crippen molar-refractivity contribution in [1.29, 1.82) is 0 Å². The molecule has 2 amide bonds. The highest BCUT2D eigenvalue weighted by Crippen LogP contribution is 2.23. The standard InChI is InChI=1S/C16H19NO4/c1-3-21-15(19)10-17-14(18)9-13(16(17)20)8-12-6-4-11(2)5-7-12/h4-7,13H,3,8-10H2,1-2H3. The summed E-state index contributed by atoms with van der Waals surface area (Å²) in [4.78, 5) is 36.5. The van der Waals surface area contributed by atoms with E-state index in [1.54, 1.807) is 6.92 Å². The number of nitrogens with zero attached hydrogens (tertiary/aromatic N) is 1. The average Bonchev–Trinajstić information content (AvgIpc) is 2.69. The SMILES string of the molecule is CCOC(=O)CN1C(=O)CC(Cc2ccc(C)cc2)C1=O. The van der Waals surface area contributed by atoms with Gasteiger partial charge in [0, 0.05) is 6.42 Å². The Bertz CT molecular complexity index is 550. The molecule has 1 fully saturated rings. The minimum atomic E-state index is -0.546. The molecule has 0 aliphatic carbocycles. The summed E-state index contributed by atoms with van der Waals surface area (Å²) >= 11 is 0. The Morgan fingerprint density at radius 2 is 1.95 bits per heavy atom. The smallest absolute Gasteiger partial charge is 0.326 e. The zero-order valence-corrected chi connectivity index (χ0v) is 12.3. The van der Waals surface area contributed by atoms with Crippen LogP contribution in [0.25, 0.3) is 0 Å². The Morgan fingerprint density at radius 1 is 1.29 bits per heavy atom. The molecule has 112 valence electrons. The first-order valence-electron chi connectivity index (χ1n) is 7.06. The molecule has 1 saturated heterocycles. The van der Waals surface area contributed by atoms with Crippen molar-refractivity contribution in [2.75, 3.05) is 13.2 Å². The van der Waals surface area contributed by atoms with Crippen molar-refractivity contribution in [1.82, 2.24) is 4.90 Å². The van der Waals surface area contributed by atoms with E-state index in [1.165, 1.54) is 0 Å². The lowest BCUT2D eigenvalue weighted by Gasteiger charge is -2.14. The summed E-state index contributed by atoms with van der Waals surface area (Å²) in [5.41, 5.74) is 2.17. The predicted octanol–water partition coefficient (Wildman–Crippen LogP) is 1.48. The first kappa shape index (κ1) is 15.2. The molecule has 5 nitrogen and oxygen atoms in total. The lowest BCUT2D eigenvalue weighted by atomic mass is 9.97. The fourth-order valence-corrected chi connectivity index (χ4v) is 2.42. The van der Waals surface area contributed by atoms with Gasteiger partial charge in [0.05, 0.1) is 12.5 Å². The maximum atomic E-state index is 12.2. The summed E-state index contributed by atoms with van der Waals surface area (Å²) in [5.74, 6) is -1.51. The van der Waals surface area contributed by atoms with Crippen LogP contribution >= 0.6 is 0 Å². The summed E-state index contributed by atoms with van der Waals surface area (Å²) in [7, 11) is 0. The van der Waals surface area contributed by atoms with Crippen LogP contribution in [0.3, 0.4) is 0 Å². The zero-order valence-electron chi connectivity index (χ0n) is 12.3. The van der Waals surface area contributed by atoms with Crippen molar-refractivity contribution in [3.8, 4) is 0 Å². The summed E-state index contributed by atoms with van der Waals surface area (Å²) in [5, 5.41) is 0. The molecule has 1 heterocycles. The third kappa shape index (κ3) is 3.68. The van der Waals surface area contributed by atoms with E-state index in [0.29, 0.717) is 6.42 Å². The van der Waals surface area contributed by atoms with Crippen LogP contribution in [0, 0.1) is 12.8 Å². The second-order valence-electron chi connectivity index (χ2n) is 5.21. The number of rotatable bonds is 5. The normalized spacial score (nSPS) is 18.2. The number of amides is 2. The van der Waals surface area contributed by atoms with Crippen LogP contribution < -0.4 is 0 Å². The lowest BCUT2D eigenvalue weighted by Crippen LogP contribution is -2.36. The Balaban J connectivity index is 2.00. The molecule has 2 rings (SSSR count). The number of hydrogen-bond acceptors (Lipinski definition) is 4. The van der Waals surface area contributed by atoms with Crippen LogP contribution in [-0.2, 0) is 25.5 Å². The number of benzene rings is 1. The van der Waals surface area contributed by atoms with Gasteiger partial charge >= 0.3 is 5.97 Å². The molecule has 1 aromatic carbocycles. The largest absolute Gasteiger partial charge is 0.465 e. The monoisotopic (exact) mass is 289 g/mol. The van der Waals surface area contributed by atoms with Crippen LogP contribution in [0.1, 0.15) is 24.5 Å². The first-order chi connectivity index (χ1) is 10.0. The molecule has 0 saturated carbocycles. The fraction of sp³-hybridized carbons (Fsp3) is 0.438. The molecule has 0 spiro atoms. The third-order valence-corrected chi connectivity index (χ3v) is 3.53. The highest BCUT2D eigenvalue weighted by atomic mass is 16.5. The quantitative estimate of drug-likeness (QED) is 0.608. The minimum absolute atomic E-state index is 0.159. The Labute approximate surface area is 123 Å². The van der Waals surface area contributed by atoms with Crippen molar-refractivity contribution in [2.45, 2.75) is 26.7 Å². The molecule has 0 bridgehead atoms. The summed E-state index contributed by atoms with van der Waals surface area (Å²) < 4.78 is 4.78. The number of esters is 1. The molecule has 0 N–H and O–H groups in total. The summed E-state index contributed by atoms with van der Waals surface area (Å²) in [6.45, 7) is 3.64. The highest BCUT2D eigenvalue weighted by Gasteiger charge is 2.39. The van der Waals surface area contributed by atoms with Gasteiger partial charge in [-0.05, 0) is 25.8 Å². The molecule has 1 unspecified atom stereocenters. The Hall–Kier alpha value is -2.17. The van der Waals surface area contributed by atoms with E-state index in [1.807, 2.05) is 31.2 Å². The summed E-state index contributed by atoms with van der Waals surface area (Å²) in [6.07, 6.45) is 0.677. The van der Waals surface area contributed by atoms with E-state index in [9.17, 15) is 14.4 Å². The fourth-order valence-electron chi connectivity index (χ4n) is 2.42. The number of imide groups is 1. The van der Waals surface area contributed by atoms with Gasteiger partial charge in [0.15, 0.2) is 0 Å². The van der Waals surface area contributed by atoms with E-state index in [2.05, 4.69) is 0 Å². The van der Waals surface area contributed by atoms with Crippen molar-refractivity contribution < 1.29 is 19.1 Å². The summed E-state index contributed by atoms with van der Waals surface area (Å²) in [6, 6.07) is 7.88. The molecule has 1 atom stereocenters. The van der Waals surface area contributed by atoms with Gasteiger partial charge in [-0.15, -0.1) is 0 Å². The average molecular weight is 289 g/mol. The lowest BCUT2D eigenvalue weighted by molar-refractivity contribution is -0.152. The van der Waals surface area contributed by atoms with E-state index in [4.69, 9.17) is 4.74 Å². The second-order valence-corrected chi connectivity index (χ2v) is 5.21. The number of ether oxygens (including phenoxy) is 1. The van der Waals surface area contributed by atoms with E-state index < -0.39 is 5.97 Å². The molecule has 1 aromatic rings.